The predicted molar refractivity (Wildman–Crippen MR) is 71.7 cm³/mol. The SMILES string of the molecule is CC(C)(CO)CNC(=O)Cc1ccc(Br)cc1. The van der Waals surface area contributed by atoms with Crippen molar-refractivity contribution in [2.45, 2.75) is 20.3 Å². The number of rotatable bonds is 5. The zero-order valence-electron chi connectivity index (χ0n) is 10.2. The molecule has 94 valence electrons. The Kier molecular flexibility index (Phi) is 5.15. The lowest BCUT2D eigenvalue weighted by Gasteiger charge is -2.21. The number of hydrogen-bond acceptors (Lipinski definition) is 2. The molecule has 0 spiro atoms. The first kappa shape index (κ1) is 14.2. The number of benzene rings is 1. The van der Waals surface area contributed by atoms with Gasteiger partial charge in [0.25, 0.3) is 0 Å². The van der Waals surface area contributed by atoms with E-state index in [0.717, 1.165) is 10.0 Å². The Morgan fingerprint density at radius 2 is 1.94 bits per heavy atom. The van der Waals surface area contributed by atoms with Crippen molar-refractivity contribution in [3.63, 3.8) is 0 Å². The molecule has 1 aromatic rings. The van der Waals surface area contributed by atoms with E-state index in [4.69, 9.17) is 5.11 Å². The molecule has 0 atom stereocenters. The van der Waals surface area contributed by atoms with Crippen LogP contribution in [0.2, 0.25) is 0 Å². The molecule has 0 aliphatic heterocycles. The molecule has 0 unspecified atom stereocenters. The minimum atomic E-state index is -0.268. The Balaban J connectivity index is 2.42. The molecule has 4 heteroatoms. The summed E-state index contributed by atoms with van der Waals surface area (Å²) in [6.07, 6.45) is 0.370. The summed E-state index contributed by atoms with van der Waals surface area (Å²) in [5.41, 5.74) is 0.711. The van der Waals surface area contributed by atoms with E-state index in [1.165, 1.54) is 0 Å². The Bertz CT molecular complexity index is 374. The highest BCUT2D eigenvalue weighted by Gasteiger charge is 2.17. The molecule has 0 aliphatic carbocycles. The molecule has 0 saturated heterocycles. The van der Waals surface area contributed by atoms with Crippen LogP contribution in [-0.4, -0.2) is 24.2 Å². The molecule has 0 bridgehead atoms. The first-order chi connectivity index (χ1) is 7.93. The second-order valence-corrected chi connectivity index (χ2v) is 5.82. The number of halogens is 1. The van der Waals surface area contributed by atoms with E-state index in [1.807, 2.05) is 38.1 Å². The zero-order chi connectivity index (χ0) is 12.9. The predicted octanol–water partition coefficient (Wildman–Crippen LogP) is 2.13. The minimum absolute atomic E-state index is 0.0196. The Labute approximate surface area is 110 Å². The second kappa shape index (κ2) is 6.17. The van der Waals surface area contributed by atoms with Gasteiger partial charge in [-0.1, -0.05) is 41.9 Å². The number of aliphatic hydroxyl groups excluding tert-OH is 1. The fraction of sp³-hybridized carbons (Fsp3) is 0.462. The Hall–Kier alpha value is -0.870. The van der Waals surface area contributed by atoms with Crippen LogP contribution in [0.3, 0.4) is 0 Å². The van der Waals surface area contributed by atoms with Gasteiger partial charge in [0.05, 0.1) is 6.42 Å². The number of aliphatic hydroxyl groups is 1. The molecule has 0 radical (unpaired) electrons. The first-order valence-electron chi connectivity index (χ1n) is 5.55. The van der Waals surface area contributed by atoms with Crippen LogP contribution in [0.25, 0.3) is 0 Å². The highest BCUT2D eigenvalue weighted by atomic mass is 79.9. The number of carbonyl (C=O) groups excluding carboxylic acids is 1. The third kappa shape index (κ3) is 5.33. The molecule has 1 rings (SSSR count). The van der Waals surface area contributed by atoms with Crippen molar-refractivity contribution >= 4 is 21.8 Å². The summed E-state index contributed by atoms with van der Waals surface area (Å²) < 4.78 is 1.00. The molecular formula is C13H18BrNO2. The van der Waals surface area contributed by atoms with Gasteiger partial charge in [0.1, 0.15) is 0 Å². The van der Waals surface area contributed by atoms with Gasteiger partial charge in [0.15, 0.2) is 0 Å². The summed E-state index contributed by atoms with van der Waals surface area (Å²) in [7, 11) is 0. The summed E-state index contributed by atoms with van der Waals surface area (Å²) in [6.45, 7) is 4.37. The minimum Gasteiger partial charge on any atom is -0.396 e. The first-order valence-corrected chi connectivity index (χ1v) is 6.34. The molecule has 1 amide bonds. The largest absolute Gasteiger partial charge is 0.396 e. The Morgan fingerprint density at radius 1 is 1.35 bits per heavy atom. The molecule has 2 N–H and O–H groups in total. The lowest BCUT2D eigenvalue weighted by atomic mass is 9.95. The van der Waals surface area contributed by atoms with E-state index >= 15 is 0 Å². The van der Waals surface area contributed by atoms with Gasteiger partial charge in [0.2, 0.25) is 5.91 Å². The number of amides is 1. The molecule has 17 heavy (non-hydrogen) atoms. The summed E-state index contributed by atoms with van der Waals surface area (Å²) >= 11 is 3.35. The molecule has 1 aromatic carbocycles. The van der Waals surface area contributed by atoms with Crippen molar-refractivity contribution in [1.29, 1.82) is 0 Å². The topological polar surface area (TPSA) is 49.3 Å². The number of nitrogens with one attached hydrogen (secondary N) is 1. The molecule has 0 heterocycles. The van der Waals surface area contributed by atoms with Crippen LogP contribution >= 0.6 is 15.9 Å². The van der Waals surface area contributed by atoms with Crippen LogP contribution in [0.4, 0.5) is 0 Å². The van der Waals surface area contributed by atoms with Crippen LogP contribution in [0.15, 0.2) is 28.7 Å². The molecular weight excluding hydrogens is 282 g/mol. The normalized spacial score (nSPS) is 11.3. The molecule has 3 nitrogen and oxygen atoms in total. The van der Waals surface area contributed by atoms with E-state index < -0.39 is 0 Å². The van der Waals surface area contributed by atoms with Gasteiger partial charge in [-0.2, -0.15) is 0 Å². The smallest absolute Gasteiger partial charge is 0.224 e. The van der Waals surface area contributed by atoms with Crippen LogP contribution in [0.1, 0.15) is 19.4 Å². The van der Waals surface area contributed by atoms with E-state index in [1.54, 1.807) is 0 Å². The van der Waals surface area contributed by atoms with Crippen molar-refractivity contribution in [3.8, 4) is 0 Å². The monoisotopic (exact) mass is 299 g/mol. The quantitative estimate of drug-likeness (QED) is 0.875. The lowest BCUT2D eigenvalue weighted by molar-refractivity contribution is -0.121. The van der Waals surface area contributed by atoms with Crippen molar-refractivity contribution < 1.29 is 9.90 Å². The van der Waals surface area contributed by atoms with Gasteiger partial charge < -0.3 is 10.4 Å². The van der Waals surface area contributed by atoms with Gasteiger partial charge in [-0.15, -0.1) is 0 Å². The number of hydrogen-bond donors (Lipinski definition) is 2. The summed E-state index contributed by atoms with van der Waals surface area (Å²) in [6, 6.07) is 7.67. The highest BCUT2D eigenvalue weighted by Crippen LogP contribution is 2.12. The van der Waals surface area contributed by atoms with E-state index in [0.29, 0.717) is 13.0 Å². The van der Waals surface area contributed by atoms with Gasteiger partial charge in [-0.05, 0) is 17.7 Å². The van der Waals surface area contributed by atoms with Gasteiger partial charge in [-0.3, -0.25) is 4.79 Å². The van der Waals surface area contributed by atoms with Crippen LogP contribution in [0, 0.1) is 5.41 Å². The van der Waals surface area contributed by atoms with Crippen molar-refractivity contribution in [2.75, 3.05) is 13.2 Å². The number of carbonyl (C=O) groups is 1. The Morgan fingerprint density at radius 3 is 2.47 bits per heavy atom. The summed E-state index contributed by atoms with van der Waals surface area (Å²) in [5, 5.41) is 11.9. The second-order valence-electron chi connectivity index (χ2n) is 4.90. The maximum Gasteiger partial charge on any atom is 0.224 e. The van der Waals surface area contributed by atoms with Crippen LogP contribution < -0.4 is 5.32 Å². The lowest BCUT2D eigenvalue weighted by Crippen LogP contribution is -2.36. The van der Waals surface area contributed by atoms with E-state index in [9.17, 15) is 4.79 Å². The standard InChI is InChI=1S/C13H18BrNO2/c1-13(2,9-16)8-15-12(17)7-10-3-5-11(14)6-4-10/h3-6,16H,7-9H2,1-2H3,(H,15,17). The van der Waals surface area contributed by atoms with E-state index in [-0.39, 0.29) is 17.9 Å². The maximum atomic E-state index is 11.7. The van der Waals surface area contributed by atoms with E-state index in [2.05, 4.69) is 21.2 Å². The van der Waals surface area contributed by atoms with Gasteiger partial charge in [-0.25, -0.2) is 0 Å². The third-order valence-electron chi connectivity index (χ3n) is 2.47. The van der Waals surface area contributed by atoms with Crippen molar-refractivity contribution in [1.82, 2.24) is 5.32 Å². The van der Waals surface area contributed by atoms with Crippen LogP contribution in [-0.2, 0) is 11.2 Å². The molecule has 0 aromatic heterocycles. The molecule has 0 aliphatic rings. The summed E-state index contributed by atoms with van der Waals surface area (Å²) in [4.78, 5) is 11.7. The fourth-order valence-electron chi connectivity index (χ4n) is 1.24. The fourth-order valence-corrected chi connectivity index (χ4v) is 1.51. The third-order valence-corrected chi connectivity index (χ3v) is 3.00. The maximum absolute atomic E-state index is 11.7. The zero-order valence-corrected chi connectivity index (χ0v) is 11.8. The van der Waals surface area contributed by atoms with Crippen LogP contribution in [0.5, 0.6) is 0 Å². The highest BCUT2D eigenvalue weighted by molar-refractivity contribution is 9.10. The molecule has 0 saturated carbocycles. The molecule has 0 fully saturated rings. The summed E-state index contributed by atoms with van der Waals surface area (Å²) in [5.74, 6) is -0.0196. The van der Waals surface area contributed by atoms with Gasteiger partial charge >= 0.3 is 0 Å². The average Bonchev–Trinajstić information content (AvgIpc) is 2.30. The van der Waals surface area contributed by atoms with Crippen molar-refractivity contribution in [3.05, 3.63) is 34.3 Å². The average molecular weight is 300 g/mol. The van der Waals surface area contributed by atoms with Crippen molar-refractivity contribution in [2.24, 2.45) is 5.41 Å². The van der Waals surface area contributed by atoms with Gasteiger partial charge in [0, 0.05) is 23.0 Å².